The van der Waals surface area contributed by atoms with Crippen LogP contribution in [0.2, 0.25) is 0 Å². The molecular weight excluding hydrogens is 550 g/mol. The third-order valence-corrected chi connectivity index (χ3v) is 8.13. The largest absolute Gasteiger partial charge is 0.497 e. The highest BCUT2D eigenvalue weighted by molar-refractivity contribution is 6.04. The number of benzene rings is 2. The van der Waals surface area contributed by atoms with Crippen molar-refractivity contribution in [3.63, 3.8) is 0 Å². The van der Waals surface area contributed by atoms with E-state index in [1.165, 1.54) is 24.0 Å². The van der Waals surface area contributed by atoms with Crippen LogP contribution in [0.15, 0.2) is 46.4 Å². The summed E-state index contributed by atoms with van der Waals surface area (Å²) in [5, 5.41) is 0. The lowest BCUT2D eigenvalue weighted by Gasteiger charge is -2.24. The Morgan fingerprint density at radius 2 is 1.17 bits per heavy atom. The number of unbranched alkanes of at least 4 members (excludes halogenated alkanes) is 1. The van der Waals surface area contributed by atoms with Gasteiger partial charge in [-0.3, -0.25) is 19.6 Å². The minimum absolute atomic E-state index is 0.0890. The van der Waals surface area contributed by atoms with Crippen LogP contribution < -0.4 is 9.47 Å². The van der Waals surface area contributed by atoms with Crippen LogP contribution in [0.3, 0.4) is 0 Å². The Kier molecular flexibility index (Phi) is 7.91. The van der Waals surface area contributed by atoms with Gasteiger partial charge in [0, 0.05) is 25.6 Å². The molecule has 0 spiro atoms. The number of nitrogens with zero attached hydrogens (tertiary/aromatic N) is 4. The molecule has 0 radical (unpaired) electrons. The molecule has 10 nitrogen and oxygen atoms in total. The highest BCUT2D eigenvalue weighted by Gasteiger charge is 2.47. The van der Waals surface area contributed by atoms with Gasteiger partial charge < -0.3 is 28.7 Å². The van der Waals surface area contributed by atoms with Crippen LogP contribution in [-0.2, 0) is 9.47 Å². The molecule has 4 aliphatic heterocycles. The normalized spacial score (nSPS) is 27.7. The van der Waals surface area contributed by atoms with Gasteiger partial charge >= 0.3 is 0 Å². The number of hydrogen-bond acceptors (Lipinski definition) is 8. The molecule has 2 aromatic carbocycles. The number of fused-ring (bicyclic) bond motifs is 4. The Balaban J connectivity index is 1.01. The predicted octanol–water partition coefficient (Wildman–Crippen LogP) is 3.71. The maximum absolute atomic E-state index is 15.0. The van der Waals surface area contributed by atoms with Crippen LogP contribution in [0.25, 0.3) is 0 Å². The Bertz CT molecular complexity index is 1310. The number of alkyl halides is 2. The molecule has 2 saturated heterocycles. The average molecular weight is 583 g/mol. The zero-order valence-electron chi connectivity index (χ0n) is 23.3. The number of aliphatic imine (C=N–C) groups is 2. The summed E-state index contributed by atoms with van der Waals surface area (Å²) in [5.41, 5.74) is 1.72. The smallest absolute Gasteiger partial charge is 0.256 e. The van der Waals surface area contributed by atoms with Crippen molar-refractivity contribution in [3.05, 3.63) is 47.5 Å². The summed E-state index contributed by atoms with van der Waals surface area (Å²) < 4.78 is 52.2. The first kappa shape index (κ1) is 28.2. The molecule has 0 bridgehead atoms. The molecule has 222 valence electrons. The summed E-state index contributed by atoms with van der Waals surface area (Å²) in [4.78, 5) is 38.1. The maximum Gasteiger partial charge on any atom is 0.256 e. The Labute approximate surface area is 241 Å². The minimum atomic E-state index is -1.36. The van der Waals surface area contributed by atoms with Gasteiger partial charge in [-0.25, -0.2) is 8.78 Å². The summed E-state index contributed by atoms with van der Waals surface area (Å²) >= 11 is 0. The number of amides is 2. The lowest BCUT2D eigenvalue weighted by Crippen LogP contribution is -2.41. The zero-order valence-corrected chi connectivity index (χ0v) is 23.3. The second kappa shape index (κ2) is 11.8. The maximum atomic E-state index is 15.0. The van der Waals surface area contributed by atoms with Crippen molar-refractivity contribution in [3.8, 4) is 11.5 Å². The van der Waals surface area contributed by atoms with E-state index in [2.05, 4.69) is 9.98 Å². The van der Waals surface area contributed by atoms with E-state index in [0.29, 0.717) is 46.8 Å². The van der Waals surface area contributed by atoms with Gasteiger partial charge in [-0.1, -0.05) is 0 Å². The molecule has 12 heteroatoms. The highest BCUT2D eigenvalue weighted by Crippen LogP contribution is 2.35. The third kappa shape index (κ3) is 5.13. The van der Waals surface area contributed by atoms with Gasteiger partial charge in [0.1, 0.15) is 36.1 Å². The number of rotatable bonds is 9. The fraction of sp³-hybridized carbons (Fsp3) is 0.467. The quantitative estimate of drug-likeness (QED) is 0.418. The monoisotopic (exact) mass is 582 g/mol. The Morgan fingerprint density at radius 1 is 0.738 bits per heavy atom. The number of ether oxygens (including phenoxy) is 4. The topological polar surface area (TPSA) is 102 Å². The van der Waals surface area contributed by atoms with Gasteiger partial charge in [-0.2, -0.15) is 0 Å². The van der Waals surface area contributed by atoms with Crippen LogP contribution in [0.1, 0.15) is 33.6 Å². The molecule has 0 saturated carbocycles. The lowest BCUT2D eigenvalue weighted by atomic mass is 10.1. The molecule has 4 unspecified atom stereocenters. The third-order valence-electron chi connectivity index (χ3n) is 8.13. The molecule has 2 amide bonds. The van der Waals surface area contributed by atoms with Crippen LogP contribution in [0.5, 0.6) is 11.5 Å². The van der Waals surface area contributed by atoms with E-state index in [4.69, 9.17) is 18.9 Å². The summed E-state index contributed by atoms with van der Waals surface area (Å²) in [6, 6.07) is 8.80. The molecule has 0 aromatic heterocycles. The van der Waals surface area contributed by atoms with Crippen LogP contribution in [0.4, 0.5) is 20.2 Å². The van der Waals surface area contributed by atoms with Crippen molar-refractivity contribution in [2.75, 3.05) is 40.5 Å². The van der Waals surface area contributed by atoms with E-state index in [1.807, 2.05) is 0 Å². The second-order valence-electron chi connectivity index (χ2n) is 10.6. The first-order valence-electron chi connectivity index (χ1n) is 14.0. The van der Waals surface area contributed by atoms with Gasteiger partial charge in [-0.05, 0) is 49.2 Å². The summed E-state index contributed by atoms with van der Waals surface area (Å²) in [6.45, 7) is 0.290. The van der Waals surface area contributed by atoms with Gasteiger partial charge in [-0.15, -0.1) is 0 Å². The predicted molar refractivity (Wildman–Crippen MR) is 150 cm³/mol. The first-order valence-corrected chi connectivity index (χ1v) is 14.0. The summed E-state index contributed by atoms with van der Waals surface area (Å²) in [5.74, 6) is 0.412. The highest BCUT2D eigenvalue weighted by atomic mass is 19.1. The number of methoxy groups -OCH3 is 2. The van der Waals surface area contributed by atoms with Gasteiger partial charge in [0.15, 0.2) is 0 Å². The van der Waals surface area contributed by atoms with Gasteiger partial charge in [0.05, 0.1) is 61.9 Å². The van der Waals surface area contributed by atoms with Crippen LogP contribution in [-0.4, -0.2) is 111 Å². The van der Waals surface area contributed by atoms with E-state index in [9.17, 15) is 18.4 Å². The van der Waals surface area contributed by atoms with Crippen molar-refractivity contribution >= 4 is 35.6 Å². The van der Waals surface area contributed by atoms with E-state index < -0.39 is 36.6 Å². The molecule has 0 N–H and O–H groups in total. The SMILES string of the molecule is COc1ccc2c(c1)C(=O)N1CC(F)C(OCCCCOC3C(F)CN4C(=O)c5cc(OC)ccc5N=C[C@@H]34)[C@@H]1C=N2. The average Bonchev–Trinajstić information content (AvgIpc) is 3.40. The molecule has 0 aliphatic carbocycles. The van der Waals surface area contributed by atoms with Crippen molar-refractivity contribution in [1.29, 1.82) is 0 Å². The number of hydrogen-bond donors (Lipinski definition) is 0. The molecule has 4 heterocycles. The molecule has 2 fully saturated rings. The second-order valence-corrected chi connectivity index (χ2v) is 10.6. The molecular formula is C30H32F2N4O6. The van der Waals surface area contributed by atoms with Crippen molar-refractivity contribution in [2.45, 2.75) is 49.5 Å². The Hall–Kier alpha value is -3.90. The molecule has 6 rings (SSSR count). The summed E-state index contributed by atoms with van der Waals surface area (Å²) in [7, 11) is 3.03. The van der Waals surface area contributed by atoms with Crippen LogP contribution >= 0.6 is 0 Å². The van der Waals surface area contributed by atoms with E-state index >= 15 is 0 Å². The lowest BCUT2D eigenvalue weighted by molar-refractivity contribution is -0.00548. The minimum Gasteiger partial charge on any atom is -0.497 e. The zero-order chi connectivity index (χ0) is 29.4. The molecule has 6 atom stereocenters. The standard InChI is InChI=1S/C30H32F2N4O6/c1-39-17-5-7-23-19(11-17)29(37)35-15-21(31)27(25(35)13-33-23)41-9-3-4-10-42-28-22(32)16-36-26(28)14-34-24-8-6-18(40-2)12-20(24)30(36)38/h5-8,11-14,21-22,25-28H,3-4,9-10,15-16H2,1-2H3/t21?,22?,25-,26-,27?,28?/m0/s1. The fourth-order valence-electron chi connectivity index (χ4n) is 5.90. The summed E-state index contributed by atoms with van der Waals surface area (Å²) in [6.07, 6.45) is -0.197. The van der Waals surface area contributed by atoms with Crippen LogP contribution in [0, 0.1) is 0 Å². The van der Waals surface area contributed by atoms with E-state index in [0.717, 1.165) is 0 Å². The molecule has 42 heavy (non-hydrogen) atoms. The Morgan fingerprint density at radius 3 is 1.57 bits per heavy atom. The first-order chi connectivity index (χ1) is 20.4. The van der Waals surface area contributed by atoms with Crippen molar-refractivity contribution in [1.82, 2.24) is 9.80 Å². The number of carbonyl (C=O) groups excluding carboxylic acids is 2. The van der Waals surface area contributed by atoms with Crippen molar-refractivity contribution < 1.29 is 37.3 Å². The van der Waals surface area contributed by atoms with Gasteiger partial charge in [0.25, 0.3) is 11.8 Å². The number of carbonyl (C=O) groups is 2. The fourth-order valence-corrected chi connectivity index (χ4v) is 5.90. The molecule has 4 aliphatic rings. The van der Waals surface area contributed by atoms with Gasteiger partial charge in [0.2, 0.25) is 0 Å². The van der Waals surface area contributed by atoms with E-state index in [-0.39, 0.29) is 38.1 Å². The van der Waals surface area contributed by atoms with E-state index in [1.54, 1.807) is 48.8 Å². The molecule has 2 aromatic rings. The van der Waals surface area contributed by atoms with Crippen molar-refractivity contribution in [2.24, 2.45) is 9.98 Å². The number of halogens is 2.